The van der Waals surface area contributed by atoms with Gasteiger partial charge in [0.15, 0.2) is 0 Å². The van der Waals surface area contributed by atoms with Crippen molar-refractivity contribution >= 4 is 10.5 Å². The quantitative estimate of drug-likeness (QED) is 0.186. The Balaban J connectivity index is 4.40. The van der Waals surface area contributed by atoms with Crippen molar-refractivity contribution in [2.45, 2.75) is 64.9 Å². The van der Waals surface area contributed by atoms with Crippen molar-refractivity contribution in [3.8, 4) is 0 Å². The first-order valence-electron chi connectivity index (χ1n) is 10.0. The lowest BCUT2D eigenvalue weighted by molar-refractivity contribution is 0.0181. The van der Waals surface area contributed by atoms with Crippen LogP contribution in [0.25, 0.3) is 0 Å². The standard InChI is InChI=1S/C22H42O4Si/c1-19(2)16-23-13-7-10-22(26-27,11-8-14-24-17-20(3)4)12-9-15-25-18-21(5)6/h1,3,5,7-18H2,2,4,6,27H3. The van der Waals surface area contributed by atoms with Gasteiger partial charge in [-0.15, -0.1) is 0 Å². The topological polar surface area (TPSA) is 36.9 Å². The molecule has 0 N–H and O–H groups in total. The van der Waals surface area contributed by atoms with Gasteiger partial charge in [-0.25, -0.2) is 0 Å². The average molecular weight is 399 g/mol. The van der Waals surface area contributed by atoms with Gasteiger partial charge in [0.25, 0.3) is 0 Å². The number of rotatable bonds is 19. The highest BCUT2D eigenvalue weighted by atomic mass is 28.2. The summed E-state index contributed by atoms with van der Waals surface area (Å²) in [5, 5.41) is 0. The molecule has 4 nitrogen and oxygen atoms in total. The second-order valence-corrected chi connectivity index (χ2v) is 8.14. The fourth-order valence-electron chi connectivity index (χ4n) is 2.91. The van der Waals surface area contributed by atoms with Crippen LogP contribution in [0, 0.1) is 0 Å². The maximum absolute atomic E-state index is 6.14. The molecular formula is C22H42O4Si. The summed E-state index contributed by atoms with van der Waals surface area (Å²) in [6.07, 6.45) is 6.01. The Morgan fingerprint density at radius 1 is 0.667 bits per heavy atom. The summed E-state index contributed by atoms with van der Waals surface area (Å²) >= 11 is 0. The predicted molar refractivity (Wildman–Crippen MR) is 118 cm³/mol. The van der Waals surface area contributed by atoms with Gasteiger partial charge >= 0.3 is 0 Å². The molecule has 0 aliphatic heterocycles. The van der Waals surface area contributed by atoms with Gasteiger partial charge in [0, 0.05) is 19.8 Å². The Kier molecular flexibility index (Phi) is 15.8. The monoisotopic (exact) mass is 398 g/mol. The lowest BCUT2D eigenvalue weighted by Crippen LogP contribution is -2.33. The molecule has 0 aliphatic rings. The fourth-order valence-corrected chi connectivity index (χ4v) is 3.52. The lowest BCUT2D eigenvalue weighted by Gasteiger charge is -2.34. The summed E-state index contributed by atoms with van der Waals surface area (Å²) in [4.78, 5) is 0. The van der Waals surface area contributed by atoms with Crippen molar-refractivity contribution in [1.82, 2.24) is 0 Å². The highest BCUT2D eigenvalue weighted by molar-refractivity contribution is 5.98. The van der Waals surface area contributed by atoms with E-state index in [0.29, 0.717) is 19.8 Å². The lowest BCUT2D eigenvalue weighted by atomic mass is 9.88. The van der Waals surface area contributed by atoms with Crippen LogP contribution >= 0.6 is 0 Å². The van der Waals surface area contributed by atoms with E-state index in [1.165, 1.54) is 0 Å². The summed E-state index contributed by atoms with van der Waals surface area (Å²) in [6.45, 7) is 21.7. The van der Waals surface area contributed by atoms with E-state index in [4.69, 9.17) is 18.6 Å². The average Bonchev–Trinajstić information content (AvgIpc) is 2.59. The molecule has 0 unspecified atom stereocenters. The number of ether oxygens (including phenoxy) is 3. The van der Waals surface area contributed by atoms with Gasteiger partial charge in [0.2, 0.25) is 0 Å². The first-order chi connectivity index (χ1) is 12.8. The van der Waals surface area contributed by atoms with E-state index < -0.39 is 0 Å². The molecule has 0 bridgehead atoms. The maximum atomic E-state index is 6.14. The zero-order chi connectivity index (χ0) is 20.5. The van der Waals surface area contributed by atoms with Crippen LogP contribution in [0.4, 0.5) is 0 Å². The normalized spacial score (nSPS) is 11.7. The van der Waals surface area contributed by atoms with E-state index in [2.05, 4.69) is 19.7 Å². The van der Waals surface area contributed by atoms with Crippen LogP contribution in [0.2, 0.25) is 0 Å². The molecule has 0 aromatic carbocycles. The van der Waals surface area contributed by atoms with E-state index in [9.17, 15) is 0 Å². The van der Waals surface area contributed by atoms with Crippen molar-refractivity contribution in [1.29, 1.82) is 0 Å². The molecule has 5 heteroatoms. The smallest absolute Gasteiger partial charge is 0.146 e. The molecule has 0 atom stereocenters. The first kappa shape index (κ1) is 26.3. The van der Waals surface area contributed by atoms with E-state index in [1.54, 1.807) is 0 Å². The summed E-state index contributed by atoms with van der Waals surface area (Å²) < 4.78 is 23.1. The third-order valence-electron chi connectivity index (χ3n) is 4.24. The maximum Gasteiger partial charge on any atom is 0.146 e. The molecule has 0 aromatic heterocycles. The molecule has 158 valence electrons. The number of hydrogen-bond donors (Lipinski definition) is 0. The van der Waals surface area contributed by atoms with Crippen molar-refractivity contribution in [2.24, 2.45) is 0 Å². The van der Waals surface area contributed by atoms with E-state index >= 15 is 0 Å². The van der Waals surface area contributed by atoms with Gasteiger partial charge < -0.3 is 18.6 Å². The van der Waals surface area contributed by atoms with Crippen LogP contribution in [0.15, 0.2) is 36.5 Å². The largest absolute Gasteiger partial charge is 0.422 e. The minimum absolute atomic E-state index is 0.0853. The van der Waals surface area contributed by atoms with Crippen molar-refractivity contribution < 1.29 is 18.6 Å². The zero-order valence-electron chi connectivity index (χ0n) is 18.2. The Bertz CT molecular complexity index is 374. The molecule has 0 aliphatic carbocycles. The van der Waals surface area contributed by atoms with Gasteiger partial charge in [-0.1, -0.05) is 36.5 Å². The van der Waals surface area contributed by atoms with E-state index in [-0.39, 0.29) is 5.60 Å². The Hall–Kier alpha value is -0.723. The minimum atomic E-state index is -0.0853. The molecule has 0 rings (SSSR count). The molecule has 0 radical (unpaired) electrons. The Morgan fingerprint density at radius 3 is 1.19 bits per heavy atom. The summed E-state index contributed by atoms with van der Waals surface area (Å²) in [6, 6.07) is 0. The van der Waals surface area contributed by atoms with Crippen LogP contribution in [0.5, 0.6) is 0 Å². The molecule has 0 heterocycles. The van der Waals surface area contributed by atoms with Crippen LogP contribution < -0.4 is 0 Å². The highest BCUT2D eigenvalue weighted by Crippen LogP contribution is 2.29. The Morgan fingerprint density at radius 2 is 0.963 bits per heavy atom. The summed E-state index contributed by atoms with van der Waals surface area (Å²) in [7, 11) is 0.730. The number of hydrogen-bond acceptors (Lipinski definition) is 4. The highest BCUT2D eigenvalue weighted by Gasteiger charge is 2.27. The predicted octanol–water partition coefficient (Wildman–Crippen LogP) is 4.14. The fraction of sp³-hybridized carbons (Fsp3) is 0.727. The second kappa shape index (κ2) is 16.3. The minimum Gasteiger partial charge on any atom is -0.422 e. The van der Waals surface area contributed by atoms with Gasteiger partial charge in [-0.05, 0) is 59.3 Å². The van der Waals surface area contributed by atoms with Gasteiger partial charge in [-0.3, -0.25) is 0 Å². The first-order valence-corrected chi connectivity index (χ1v) is 10.8. The molecule has 0 saturated heterocycles. The third-order valence-corrected chi connectivity index (χ3v) is 5.11. The van der Waals surface area contributed by atoms with Gasteiger partial charge in [0.1, 0.15) is 10.5 Å². The Labute approximate surface area is 170 Å². The van der Waals surface area contributed by atoms with Crippen LogP contribution in [0.3, 0.4) is 0 Å². The molecule has 0 amide bonds. The van der Waals surface area contributed by atoms with Crippen LogP contribution in [0.1, 0.15) is 59.3 Å². The van der Waals surface area contributed by atoms with Crippen molar-refractivity contribution in [3.63, 3.8) is 0 Å². The van der Waals surface area contributed by atoms with Crippen molar-refractivity contribution in [3.05, 3.63) is 36.5 Å². The van der Waals surface area contributed by atoms with E-state index in [0.717, 1.165) is 85.6 Å². The SMILES string of the molecule is C=C(C)COCCCC(CCCOCC(=C)C)(CCCOCC(=C)C)O[SiH3]. The molecule has 0 fully saturated rings. The summed E-state index contributed by atoms with van der Waals surface area (Å²) in [5.41, 5.74) is 3.09. The molecule has 0 saturated carbocycles. The van der Waals surface area contributed by atoms with Crippen molar-refractivity contribution in [2.75, 3.05) is 39.6 Å². The molecular weight excluding hydrogens is 356 g/mol. The third kappa shape index (κ3) is 16.0. The molecule has 27 heavy (non-hydrogen) atoms. The zero-order valence-corrected chi connectivity index (χ0v) is 20.2. The van der Waals surface area contributed by atoms with Crippen LogP contribution in [-0.4, -0.2) is 55.7 Å². The van der Waals surface area contributed by atoms with Crippen LogP contribution in [-0.2, 0) is 18.6 Å². The van der Waals surface area contributed by atoms with E-state index in [1.807, 2.05) is 20.8 Å². The van der Waals surface area contributed by atoms with Gasteiger partial charge in [-0.2, -0.15) is 0 Å². The second-order valence-electron chi connectivity index (χ2n) is 7.73. The van der Waals surface area contributed by atoms with Gasteiger partial charge in [0.05, 0.1) is 25.4 Å². The molecule has 0 spiro atoms. The molecule has 0 aromatic rings. The summed E-state index contributed by atoms with van der Waals surface area (Å²) in [5.74, 6) is 0.